The summed E-state index contributed by atoms with van der Waals surface area (Å²) in [5.41, 5.74) is 0. The van der Waals surface area contributed by atoms with E-state index in [-0.39, 0.29) is 24.8 Å². The minimum absolute atomic E-state index is 0.0408. The van der Waals surface area contributed by atoms with Gasteiger partial charge >= 0.3 is 5.97 Å². The lowest BCUT2D eigenvalue weighted by molar-refractivity contribution is -0.147. The molecule has 0 heterocycles. The number of hydrogen-bond donors (Lipinski definition) is 3. The fourth-order valence-corrected chi connectivity index (χ4v) is 0.915. The summed E-state index contributed by atoms with van der Waals surface area (Å²) in [5, 5.41) is 19.7. The zero-order valence-corrected chi connectivity index (χ0v) is 8.49. The number of carboxylic acid groups (broad SMARTS) is 1. The van der Waals surface area contributed by atoms with Crippen molar-refractivity contribution in [2.24, 2.45) is 5.92 Å². The van der Waals surface area contributed by atoms with Crippen molar-refractivity contribution in [2.75, 3.05) is 6.54 Å². The molecule has 0 aromatic carbocycles. The molecule has 1 atom stereocenters. The number of aliphatic hydroxyl groups is 1. The summed E-state index contributed by atoms with van der Waals surface area (Å²) in [5.74, 6) is -1.10. The zero-order chi connectivity index (χ0) is 11.1. The molecule has 82 valence electrons. The Bertz CT molecular complexity index is 203. The molecule has 0 aliphatic carbocycles. The Labute approximate surface area is 83.1 Å². The molecule has 3 N–H and O–H groups in total. The van der Waals surface area contributed by atoms with Crippen LogP contribution in [0.15, 0.2) is 0 Å². The van der Waals surface area contributed by atoms with E-state index in [1.54, 1.807) is 0 Å². The highest BCUT2D eigenvalue weighted by atomic mass is 16.4. The first-order chi connectivity index (χ1) is 6.43. The van der Waals surface area contributed by atoms with Crippen LogP contribution in [-0.2, 0) is 9.59 Å². The van der Waals surface area contributed by atoms with Crippen molar-refractivity contribution in [1.29, 1.82) is 0 Å². The molecule has 0 aromatic heterocycles. The highest BCUT2D eigenvalue weighted by Crippen LogP contribution is 1.98. The number of aliphatic carboxylic acids is 1. The Morgan fingerprint density at radius 2 is 1.93 bits per heavy atom. The maximum absolute atomic E-state index is 11.1. The van der Waals surface area contributed by atoms with E-state index in [2.05, 4.69) is 5.32 Å². The summed E-state index contributed by atoms with van der Waals surface area (Å²) in [6.45, 7) is 4.04. The van der Waals surface area contributed by atoms with Gasteiger partial charge in [-0.2, -0.15) is 0 Å². The van der Waals surface area contributed by atoms with Crippen molar-refractivity contribution in [3.8, 4) is 0 Å². The smallest absolute Gasteiger partial charge is 0.332 e. The van der Waals surface area contributed by atoms with E-state index in [1.807, 2.05) is 13.8 Å². The first kappa shape index (κ1) is 12.9. The van der Waals surface area contributed by atoms with Crippen molar-refractivity contribution in [3.05, 3.63) is 0 Å². The molecular weight excluding hydrogens is 186 g/mol. The summed E-state index contributed by atoms with van der Waals surface area (Å²) in [7, 11) is 0. The van der Waals surface area contributed by atoms with Gasteiger partial charge in [-0.05, 0) is 5.92 Å². The maximum atomic E-state index is 11.1. The first-order valence-electron chi connectivity index (χ1n) is 4.61. The molecule has 0 rings (SSSR count). The third kappa shape index (κ3) is 6.42. The Balaban J connectivity index is 3.54. The van der Waals surface area contributed by atoms with Crippen molar-refractivity contribution < 1.29 is 19.8 Å². The normalized spacial score (nSPS) is 12.6. The maximum Gasteiger partial charge on any atom is 0.332 e. The average Bonchev–Trinajstić information content (AvgIpc) is 2.02. The van der Waals surface area contributed by atoms with Crippen LogP contribution in [0.4, 0.5) is 0 Å². The van der Waals surface area contributed by atoms with Gasteiger partial charge in [-0.3, -0.25) is 4.79 Å². The van der Waals surface area contributed by atoms with Crippen molar-refractivity contribution >= 4 is 11.9 Å². The number of nitrogens with one attached hydrogen (secondary N) is 1. The standard InChI is InChI=1S/C9H17NO4/c1-6(2)5-8(12)10-4-3-7(11)9(13)14/h6-7,11H,3-5H2,1-2H3,(H,10,12)(H,13,14). The number of hydrogen-bond acceptors (Lipinski definition) is 3. The van der Waals surface area contributed by atoms with Gasteiger partial charge < -0.3 is 15.5 Å². The molecule has 0 saturated carbocycles. The van der Waals surface area contributed by atoms with Gasteiger partial charge in [-0.15, -0.1) is 0 Å². The van der Waals surface area contributed by atoms with Gasteiger partial charge in [0.05, 0.1) is 0 Å². The van der Waals surface area contributed by atoms with Crippen molar-refractivity contribution in [3.63, 3.8) is 0 Å². The predicted octanol–water partition coefficient (Wildman–Crippen LogP) is -0.0157. The third-order valence-corrected chi connectivity index (χ3v) is 1.62. The first-order valence-corrected chi connectivity index (χ1v) is 4.61. The van der Waals surface area contributed by atoms with Crippen LogP contribution in [0.2, 0.25) is 0 Å². The zero-order valence-electron chi connectivity index (χ0n) is 8.49. The molecule has 0 spiro atoms. The van der Waals surface area contributed by atoms with Crippen molar-refractivity contribution in [2.45, 2.75) is 32.8 Å². The number of carbonyl (C=O) groups excluding carboxylic acids is 1. The molecule has 1 unspecified atom stereocenters. The second kappa shape index (κ2) is 6.37. The minimum Gasteiger partial charge on any atom is -0.479 e. The Kier molecular flexibility index (Phi) is 5.87. The highest BCUT2D eigenvalue weighted by molar-refractivity contribution is 5.76. The van der Waals surface area contributed by atoms with E-state index in [4.69, 9.17) is 10.2 Å². The number of aliphatic hydroxyl groups excluding tert-OH is 1. The molecule has 0 saturated heterocycles. The van der Waals surface area contributed by atoms with Gasteiger partial charge in [0.2, 0.25) is 5.91 Å². The summed E-state index contributed by atoms with van der Waals surface area (Å²) < 4.78 is 0. The van der Waals surface area contributed by atoms with Crippen LogP contribution < -0.4 is 5.32 Å². The second-order valence-electron chi connectivity index (χ2n) is 3.59. The Morgan fingerprint density at radius 1 is 1.36 bits per heavy atom. The van der Waals surface area contributed by atoms with E-state index in [1.165, 1.54) is 0 Å². The van der Waals surface area contributed by atoms with Gasteiger partial charge in [0.25, 0.3) is 0 Å². The van der Waals surface area contributed by atoms with E-state index in [0.29, 0.717) is 6.42 Å². The van der Waals surface area contributed by atoms with E-state index >= 15 is 0 Å². The van der Waals surface area contributed by atoms with E-state index in [0.717, 1.165) is 0 Å². The lowest BCUT2D eigenvalue weighted by Gasteiger charge is -2.08. The summed E-state index contributed by atoms with van der Waals surface area (Å²) in [4.78, 5) is 21.3. The SMILES string of the molecule is CC(C)CC(=O)NCCC(O)C(=O)O. The number of carbonyl (C=O) groups is 2. The number of amides is 1. The molecule has 0 radical (unpaired) electrons. The number of carboxylic acids is 1. The second-order valence-corrected chi connectivity index (χ2v) is 3.59. The highest BCUT2D eigenvalue weighted by Gasteiger charge is 2.12. The molecule has 0 aliphatic heterocycles. The average molecular weight is 203 g/mol. The Hall–Kier alpha value is -1.10. The van der Waals surface area contributed by atoms with Gasteiger partial charge in [0.1, 0.15) is 0 Å². The molecular formula is C9H17NO4. The quantitative estimate of drug-likeness (QED) is 0.566. The molecule has 1 amide bonds. The largest absolute Gasteiger partial charge is 0.479 e. The number of rotatable bonds is 6. The fourth-order valence-electron chi connectivity index (χ4n) is 0.915. The van der Waals surface area contributed by atoms with Gasteiger partial charge in [0.15, 0.2) is 6.10 Å². The van der Waals surface area contributed by atoms with Crippen LogP contribution in [0.3, 0.4) is 0 Å². The van der Waals surface area contributed by atoms with Crippen LogP contribution in [0, 0.1) is 5.92 Å². The summed E-state index contributed by atoms with van der Waals surface area (Å²) >= 11 is 0. The van der Waals surface area contributed by atoms with E-state index < -0.39 is 12.1 Å². The van der Waals surface area contributed by atoms with Crippen LogP contribution in [-0.4, -0.2) is 34.7 Å². The monoisotopic (exact) mass is 203 g/mol. The molecule has 5 heteroatoms. The predicted molar refractivity (Wildman–Crippen MR) is 50.7 cm³/mol. The fraction of sp³-hybridized carbons (Fsp3) is 0.778. The van der Waals surface area contributed by atoms with E-state index in [9.17, 15) is 9.59 Å². The molecule has 0 aliphatic rings. The van der Waals surface area contributed by atoms with Gasteiger partial charge in [-0.25, -0.2) is 4.79 Å². The van der Waals surface area contributed by atoms with Gasteiger partial charge in [0, 0.05) is 19.4 Å². The van der Waals surface area contributed by atoms with Crippen molar-refractivity contribution in [1.82, 2.24) is 5.32 Å². The van der Waals surface area contributed by atoms with Crippen LogP contribution in [0.5, 0.6) is 0 Å². The third-order valence-electron chi connectivity index (χ3n) is 1.62. The molecule has 0 aromatic rings. The molecule has 0 bridgehead atoms. The van der Waals surface area contributed by atoms with Crippen LogP contribution in [0.1, 0.15) is 26.7 Å². The minimum atomic E-state index is -1.39. The van der Waals surface area contributed by atoms with Crippen LogP contribution >= 0.6 is 0 Å². The molecule has 0 fully saturated rings. The molecule has 14 heavy (non-hydrogen) atoms. The molecule has 5 nitrogen and oxygen atoms in total. The summed E-state index contributed by atoms with van der Waals surface area (Å²) in [6.07, 6.45) is -0.933. The topological polar surface area (TPSA) is 86.6 Å². The summed E-state index contributed by atoms with van der Waals surface area (Å²) in [6, 6.07) is 0. The lowest BCUT2D eigenvalue weighted by Crippen LogP contribution is -2.30. The Morgan fingerprint density at radius 3 is 2.36 bits per heavy atom. The van der Waals surface area contributed by atoms with Crippen LogP contribution in [0.25, 0.3) is 0 Å². The lowest BCUT2D eigenvalue weighted by atomic mass is 10.1. The van der Waals surface area contributed by atoms with Gasteiger partial charge in [-0.1, -0.05) is 13.8 Å².